The van der Waals surface area contributed by atoms with Gasteiger partial charge in [0, 0.05) is 25.3 Å². The summed E-state index contributed by atoms with van der Waals surface area (Å²) in [5.74, 6) is -0.386. The van der Waals surface area contributed by atoms with Crippen LogP contribution >= 0.6 is 0 Å². The van der Waals surface area contributed by atoms with Crippen molar-refractivity contribution in [2.75, 3.05) is 25.0 Å². The number of rotatable bonds is 1. The SMILES string of the molecule is CN1CCN(c2ccccc2F)c2ccc(C(F)(F)F)cc2C1. The van der Waals surface area contributed by atoms with Crippen LogP contribution in [-0.4, -0.2) is 25.0 Å². The molecule has 1 aliphatic heterocycles. The molecule has 122 valence electrons. The Bertz CT molecular complexity index is 712. The van der Waals surface area contributed by atoms with E-state index < -0.39 is 11.7 Å². The topological polar surface area (TPSA) is 6.48 Å². The molecule has 1 aliphatic rings. The van der Waals surface area contributed by atoms with Crippen LogP contribution in [0.1, 0.15) is 11.1 Å². The molecule has 0 fully saturated rings. The summed E-state index contributed by atoms with van der Waals surface area (Å²) < 4.78 is 53.0. The van der Waals surface area contributed by atoms with Gasteiger partial charge in [0.05, 0.1) is 11.3 Å². The first-order valence-electron chi connectivity index (χ1n) is 7.27. The van der Waals surface area contributed by atoms with E-state index in [0.29, 0.717) is 36.6 Å². The summed E-state index contributed by atoms with van der Waals surface area (Å²) in [5, 5.41) is 0. The first-order chi connectivity index (χ1) is 10.9. The van der Waals surface area contributed by atoms with E-state index in [-0.39, 0.29) is 5.82 Å². The zero-order valence-corrected chi connectivity index (χ0v) is 12.6. The third kappa shape index (κ3) is 3.17. The van der Waals surface area contributed by atoms with Crippen LogP contribution in [0.4, 0.5) is 28.9 Å². The molecule has 0 aromatic heterocycles. The first kappa shape index (κ1) is 15.8. The molecule has 1 heterocycles. The van der Waals surface area contributed by atoms with Gasteiger partial charge in [0.15, 0.2) is 0 Å². The molecule has 0 amide bonds. The summed E-state index contributed by atoms with van der Waals surface area (Å²) in [6.07, 6.45) is -4.39. The van der Waals surface area contributed by atoms with E-state index in [1.807, 2.05) is 11.9 Å². The van der Waals surface area contributed by atoms with Gasteiger partial charge in [0.25, 0.3) is 0 Å². The monoisotopic (exact) mass is 324 g/mol. The van der Waals surface area contributed by atoms with Gasteiger partial charge in [0.2, 0.25) is 0 Å². The normalized spacial score (nSPS) is 16.1. The minimum atomic E-state index is -4.39. The van der Waals surface area contributed by atoms with Crippen molar-refractivity contribution in [3.8, 4) is 0 Å². The van der Waals surface area contributed by atoms with E-state index in [0.717, 1.165) is 12.1 Å². The summed E-state index contributed by atoms with van der Waals surface area (Å²) in [4.78, 5) is 3.67. The summed E-state index contributed by atoms with van der Waals surface area (Å²) in [6.45, 7) is 1.53. The molecular formula is C17H16F4N2. The Morgan fingerprint density at radius 3 is 2.39 bits per heavy atom. The van der Waals surface area contributed by atoms with Crippen LogP contribution in [0.2, 0.25) is 0 Å². The number of para-hydroxylation sites is 1. The van der Waals surface area contributed by atoms with Crippen molar-refractivity contribution in [2.45, 2.75) is 12.7 Å². The van der Waals surface area contributed by atoms with Crippen LogP contribution in [0.5, 0.6) is 0 Å². The lowest BCUT2D eigenvalue weighted by atomic mass is 10.1. The Balaban J connectivity index is 2.11. The highest BCUT2D eigenvalue weighted by Gasteiger charge is 2.32. The van der Waals surface area contributed by atoms with Crippen molar-refractivity contribution in [3.63, 3.8) is 0 Å². The van der Waals surface area contributed by atoms with Gasteiger partial charge in [-0.15, -0.1) is 0 Å². The quantitative estimate of drug-likeness (QED) is 0.716. The third-order valence-electron chi connectivity index (χ3n) is 3.99. The fraction of sp³-hybridized carbons (Fsp3) is 0.294. The number of halogens is 4. The molecule has 0 atom stereocenters. The van der Waals surface area contributed by atoms with Crippen molar-refractivity contribution in [2.24, 2.45) is 0 Å². The number of nitrogens with zero attached hydrogens (tertiary/aromatic N) is 2. The highest BCUT2D eigenvalue weighted by molar-refractivity contribution is 5.68. The maximum Gasteiger partial charge on any atom is 0.416 e. The molecule has 0 N–H and O–H groups in total. The average Bonchev–Trinajstić information content (AvgIpc) is 2.64. The predicted molar refractivity (Wildman–Crippen MR) is 81.2 cm³/mol. The zero-order valence-electron chi connectivity index (χ0n) is 12.6. The fourth-order valence-electron chi connectivity index (χ4n) is 2.83. The van der Waals surface area contributed by atoms with Crippen LogP contribution in [0, 0.1) is 5.82 Å². The van der Waals surface area contributed by atoms with Gasteiger partial charge in [-0.25, -0.2) is 4.39 Å². The summed E-state index contributed by atoms with van der Waals surface area (Å²) in [6, 6.07) is 9.95. The fourth-order valence-corrected chi connectivity index (χ4v) is 2.83. The van der Waals surface area contributed by atoms with Crippen molar-refractivity contribution in [1.29, 1.82) is 0 Å². The molecule has 0 bridgehead atoms. The zero-order chi connectivity index (χ0) is 16.6. The van der Waals surface area contributed by atoms with E-state index in [1.165, 1.54) is 12.1 Å². The van der Waals surface area contributed by atoms with Crippen molar-refractivity contribution >= 4 is 11.4 Å². The minimum absolute atomic E-state index is 0.379. The molecule has 3 rings (SSSR count). The number of benzene rings is 2. The number of likely N-dealkylation sites (N-methyl/N-ethyl adjacent to an activating group) is 1. The van der Waals surface area contributed by atoms with E-state index in [1.54, 1.807) is 23.1 Å². The predicted octanol–water partition coefficient (Wildman–Crippen LogP) is 4.43. The van der Waals surface area contributed by atoms with E-state index in [2.05, 4.69) is 0 Å². The number of hydrogen-bond acceptors (Lipinski definition) is 2. The lowest BCUT2D eigenvalue weighted by Crippen LogP contribution is -2.26. The summed E-state index contributed by atoms with van der Waals surface area (Å²) in [7, 11) is 1.84. The molecule has 0 spiro atoms. The lowest BCUT2D eigenvalue weighted by molar-refractivity contribution is -0.137. The van der Waals surface area contributed by atoms with Gasteiger partial charge < -0.3 is 9.80 Å². The largest absolute Gasteiger partial charge is 0.416 e. The molecule has 2 aromatic carbocycles. The van der Waals surface area contributed by atoms with Crippen LogP contribution in [0.25, 0.3) is 0 Å². The Morgan fingerprint density at radius 2 is 1.70 bits per heavy atom. The Morgan fingerprint density at radius 1 is 0.957 bits per heavy atom. The minimum Gasteiger partial charge on any atom is -0.338 e. The molecule has 0 saturated carbocycles. The highest BCUT2D eigenvalue weighted by Crippen LogP contribution is 2.37. The van der Waals surface area contributed by atoms with Gasteiger partial charge in [0.1, 0.15) is 5.82 Å². The summed E-state index contributed by atoms with van der Waals surface area (Å²) in [5.41, 5.74) is 0.861. The number of fused-ring (bicyclic) bond motifs is 1. The second kappa shape index (κ2) is 5.85. The second-order valence-electron chi connectivity index (χ2n) is 5.68. The molecule has 2 aromatic rings. The maximum absolute atomic E-state index is 14.1. The van der Waals surface area contributed by atoms with Gasteiger partial charge >= 0.3 is 6.18 Å². The summed E-state index contributed by atoms with van der Waals surface area (Å²) >= 11 is 0. The number of anilines is 2. The third-order valence-corrected chi connectivity index (χ3v) is 3.99. The van der Waals surface area contributed by atoms with Crippen LogP contribution < -0.4 is 4.90 Å². The number of alkyl halides is 3. The first-order valence-corrected chi connectivity index (χ1v) is 7.27. The Labute approximate surface area is 131 Å². The smallest absolute Gasteiger partial charge is 0.338 e. The molecule has 0 radical (unpaired) electrons. The lowest BCUT2D eigenvalue weighted by Gasteiger charge is -2.25. The van der Waals surface area contributed by atoms with Gasteiger partial charge in [-0.1, -0.05) is 12.1 Å². The highest BCUT2D eigenvalue weighted by atomic mass is 19.4. The van der Waals surface area contributed by atoms with Crippen molar-refractivity contribution in [1.82, 2.24) is 4.90 Å². The number of hydrogen-bond donors (Lipinski definition) is 0. The molecule has 6 heteroatoms. The van der Waals surface area contributed by atoms with Crippen molar-refractivity contribution < 1.29 is 17.6 Å². The van der Waals surface area contributed by atoms with E-state index in [9.17, 15) is 17.6 Å². The van der Waals surface area contributed by atoms with Gasteiger partial charge in [-0.3, -0.25) is 0 Å². The van der Waals surface area contributed by atoms with Gasteiger partial charge in [-0.2, -0.15) is 13.2 Å². The van der Waals surface area contributed by atoms with Crippen LogP contribution in [-0.2, 0) is 12.7 Å². The van der Waals surface area contributed by atoms with E-state index in [4.69, 9.17) is 0 Å². The maximum atomic E-state index is 14.1. The van der Waals surface area contributed by atoms with Crippen LogP contribution in [0.15, 0.2) is 42.5 Å². The molecule has 2 nitrogen and oxygen atoms in total. The standard InChI is InChI=1S/C17H16F4N2/c1-22-8-9-23(16-5-3-2-4-14(16)18)15-7-6-13(17(19,20)21)10-12(15)11-22/h2-7,10H,8-9,11H2,1H3. The van der Waals surface area contributed by atoms with E-state index >= 15 is 0 Å². The Hall–Kier alpha value is -2.08. The van der Waals surface area contributed by atoms with Crippen molar-refractivity contribution in [3.05, 3.63) is 59.4 Å². The second-order valence-corrected chi connectivity index (χ2v) is 5.68. The molecule has 23 heavy (non-hydrogen) atoms. The molecular weight excluding hydrogens is 308 g/mol. The molecule has 0 saturated heterocycles. The average molecular weight is 324 g/mol. The molecule has 0 unspecified atom stereocenters. The molecule has 0 aliphatic carbocycles. The Kier molecular flexibility index (Phi) is 4.02. The van der Waals surface area contributed by atoms with Crippen LogP contribution in [0.3, 0.4) is 0 Å². The van der Waals surface area contributed by atoms with Gasteiger partial charge in [-0.05, 0) is 42.9 Å².